The number of hydrogen-bond acceptors (Lipinski definition) is 3. The maximum atomic E-state index is 6.70. The number of rotatable bonds is 10. The Balaban J connectivity index is 1.87. The van der Waals surface area contributed by atoms with E-state index in [1.54, 1.807) is 0 Å². The van der Waals surface area contributed by atoms with Gasteiger partial charge >= 0.3 is 7.12 Å². The highest BCUT2D eigenvalue weighted by Gasteiger charge is 2.52. The maximum absolute atomic E-state index is 6.70. The zero-order chi connectivity index (χ0) is 31.9. The van der Waals surface area contributed by atoms with Gasteiger partial charge in [-0.3, -0.25) is 0 Å². The summed E-state index contributed by atoms with van der Waals surface area (Å²) in [4.78, 5) is 0. The first kappa shape index (κ1) is 35.2. The molecular weight excluding hydrogens is 535 g/mol. The minimum absolute atomic E-state index is 0.0389. The molecule has 0 saturated carbocycles. The molecule has 1 aliphatic rings. The van der Waals surface area contributed by atoms with Gasteiger partial charge in [0.1, 0.15) is 23.5 Å². The van der Waals surface area contributed by atoms with Crippen LogP contribution >= 0.6 is 0 Å². The predicted molar refractivity (Wildman–Crippen MR) is 185 cm³/mol. The van der Waals surface area contributed by atoms with Crippen LogP contribution in [0.15, 0.2) is 36.4 Å². The van der Waals surface area contributed by atoms with E-state index in [4.69, 9.17) is 13.5 Å². The van der Waals surface area contributed by atoms with Crippen molar-refractivity contribution in [3.05, 3.63) is 64.2 Å². The first-order chi connectivity index (χ1) is 19.2. The molecule has 0 aromatic heterocycles. The lowest BCUT2D eigenvalue weighted by molar-refractivity contribution is 0.00578. The fourth-order valence-corrected chi connectivity index (χ4v) is 6.97. The molecule has 2 aromatic carbocycles. The first-order valence-corrected chi connectivity index (χ1v) is 17.6. The van der Waals surface area contributed by atoms with Gasteiger partial charge in [0.15, 0.2) is 4.75 Å². The van der Waals surface area contributed by atoms with E-state index in [0.717, 1.165) is 31.1 Å². The summed E-state index contributed by atoms with van der Waals surface area (Å²) in [5.74, 6) is 0. The van der Waals surface area contributed by atoms with Crippen molar-refractivity contribution in [2.45, 2.75) is 150 Å². The molecule has 0 amide bonds. The third kappa shape index (κ3) is 7.33. The van der Waals surface area contributed by atoms with Crippen molar-refractivity contribution >= 4 is 23.8 Å². The van der Waals surface area contributed by atoms with Gasteiger partial charge in [-0.05, 0) is 121 Å². The Labute approximate surface area is 262 Å². The van der Waals surface area contributed by atoms with Crippen LogP contribution in [-0.2, 0) is 36.5 Å². The summed E-state index contributed by atoms with van der Waals surface area (Å²) < 4.78 is 19.6. The normalized spacial score (nSPS) is 18.8. The molecule has 2 aromatic rings. The van der Waals surface area contributed by atoms with E-state index in [-0.39, 0.29) is 51.2 Å². The zero-order valence-corrected chi connectivity index (χ0v) is 30.4. The quantitative estimate of drug-likeness (QED) is 0.203. The summed E-state index contributed by atoms with van der Waals surface area (Å²) in [6, 6.07) is 14.1. The molecule has 1 fully saturated rings. The van der Waals surface area contributed by atoms with Crippen molar-refractivity contribution in [2.75, 3.05) is 6.26 Å². The Bertz CT molecular complexity index is 1200. The topological polar surface area (TPSA) is 27.7 Å². The van der Waals surface area contributed by atoms with Crippen LogP contribution in [0.4, 0.5) is 0 Å². The van der Waals surface area contributed by atoms with Crippen molar-refractivity contribution in [3.63, 3.8) is 0 Å². The number of benzene rings is 2. The average molecular weight is 596 g/mol. The van der Waals surface area contributed by atoms with Gasteiger partial charge in [-0.2, -0.15) is 4.18 Å². The fraction of sp³-hybridized carbons (Fsp3) is 0.676. The standard InChI is InChI=1S/C37H60BO3S/c1-16-37(17-2,30-21-22-31(27(4)25-30)38-40-35(11,12)36(13,14)41-38)29-20-18-28(26(3)24-29)19-23-32(33(5,6)7)39-42(15)34(8,9)10/h18,20-22,24-25,32H,16-17,19,23H2,1-15H3/q+1. The van der Waals surface area contributed by atoms with Crippen molar-refractivity contribution < 1.29 is 13.5 Å². The second-order valence-electron chi connectivity index (χ2n) is 15.6. The van der Waals surface area contributed by atoms with Gasteiger partial charge in [0.2, 0.25) is 0 Å². The molecule has 3 rings (SSSR count). The van der Waals surface area contributed by atoms with Crippen LogP contribution in [0.25, 0.3) is 0 Å². The molecular formula is C37H60BO3S+. The molecule has 0 spiro atoms. The van der Waals surface area contributed by atoms with Crippen molar-refractivity contribution in [1.29, 1.82) is 0 Å². The molecule has 2 unspecified atom stereocenters. The molecule has 5 heteroatoms. The largest absolute Gasteiger partial charge is 0.495 e. The predicted octanol–water partition coefficient (Wildman–Crippen LogP) is 9.03. The Morgan fingerprint density at radius 2 is 1.31 bits per heavy atom. The van der Waals surface area contributed by atoms with Crippen molar-refractivity contribution in [3.8, 4) is 0 Å². The van der Waals surface area contributed by atoms with Crippen LogP contribution in [0.2, 0.25) is 0 Å². The van der Waals surface area contributed by atoms with Gasteiger partial charge < -0.3 is 9.31 Å². The molecule has 42 heavy (non-hydrogen) atoms. The summed E-state index contributed by atoms with van der Waals surface area (Å²) in [6.07, 6.45) is 6.62. The SMILES string of the molecule is CCC(CC)(c1ccc(CCC(O[S+](C)C(C)(C)C)C(C)(C)C)c(C)c1)c1ccc(B2OC(C)(C)C(C)(C)O2)c(C)c1. The van der Waals surface area contributed by atoms with Crippen LogP contribution in [-0.4, -0.2) is 35.4 Å². The van der Waals surface area contributed by atoms with Crippen LogP contribution in [0, 0.1) is 19.3 Å². The van der Waals surface area contributed by atoms with Gasteiger partial charge in [0.25, 0.3) is 0 Å². The van der Waals surface area contributed by atoms with Crippen LogP contribution < -0.4 is 5.46 Å². The summed E-state index contributed by atoms with van der Waals surface area (Å²) in [6.45, 7) is 31.4. The van der Waals surface area contributed by atoms with E-state index < -0.39 is 0 Å². The fourth-order valence-electron chi connectivity index (χ4n) is 5.95. The molecule has 0 bridgehead atoms. The van der Waals surface area contributed by atoms with Gasteiger partial charge in [0, 0.05) is 5.41 Å². The molecule has 1 saturated heterocycles. The third-order valence-electron chi connectivity index (χ3n) is 10.2. The molecule has 0 N–H and O–H groups in total. The van der Waals surface area contributed by atoms with E-state index >= 15 is 0 Å². The van der Waals surface area contributed by atoms with E-state index in [2.05, 4.69) is 140 Å². The van der Waals surface area contributed by atoms with E-state index in [1.165, 1.54) is 27.8 Å². The molecule has 0 aliphatic carbocycles. The highest BCUT2D eigenvalue weighted by Crippen LogP contribution is 2.41. The van der Waals surface area contributed by atoms with Gasteiger partial charge in [0.05, 0.1) is 11.2 Å². The average Bonchev–Trinajstić information content (AvgIpc) is 3.08. The molecule has 2 atom stereocenters. The van der Waals surface area contributed by atoms with E-state index in [1.807, 2.05) is 0 Å². The van der Waals surface area contributed by atoms with E-state index in [9.17, 15) is 0 Å². The molecule has 0 radical (unpaired) electrons. The Kier molecular flexibility index (Phi) is 10.6. The van der Waals surface area contributed by atoms with Crippen molar-refractivity contribution in [2.24, 2.45) is 5.41 Å². The highest BCUT2D eigenvalue weighted by molar-refractivity contribution is 7.93. The summed E-state index contributed by atoms with van der Waals surface area (Å²) >= 11 is -0.0947. The van der Waals surface area contributed by atoms with Crippen LogP contribution in [0.3, 0.4) is 0 Å². The molecule has 1 heterocycles. The minimum Gasteiger partial charge on any atom is -0.399 e. The van der Waals surface area contributed by atoms with Gasteiger partial charge in [-0.1, -0.05) is 76.6 Å². The molecule has 3 nitrogen and oxygen atoms in total. The zero-order valence-electron chi connectivity index (χ0n) is 29.6. The third-order valence-corrected chi connectivity index (χ3v) is 12.4. The van der Waals surface area contributed by atoms with Gasteiger partial charge in [-0.25, -0.2) is 0 Å². The lowest BCUT2D eigenvalue weighted by Crippen LogP contribution is -2.41. The van der Waals surface area contributed by atoms with E-state index in [0.29, 0.717) is 0 Å². The number of aryl methyl sites for hydroxylation is 3. The lowest BCUT2D eigenvalue weighted by Gasteiger charge is -2.34. The summed E-state index contributed by atoms with van der Waals surface area (Å²) in [5, 5.41) is 0. The first-order valence-electron chi connectivity index (χ1n) is 16.1. The second-order valence-corrected chi connectivity index (χ2v) is 18.0. The molecule has 1 aliphatic heterocycles. The number of hydrogen-bond donors (Lipinski definition) is 0. The summed E-state index contributed by atoms with van der Waals surface area (Å²) in [7, 11) is -0.337. The highest BCUT2D eigenvalue weighted by atomic mass is 32.2. The maximum Gasteiger partial charge on any atom is 0.495 e. The molecule has 234 valence electrons. The van der Waals surface area contributed by atoms with Crippen LogP contribution in [0.5, 0.6) is 0 Å². The summed E-state index contributed by atoms with van der Waals surface area (Å²) in [5.41, 5.74) is 7.31. The van der Waals surface area contributed by atoms with Crippen molar-refractivity contribution in [1.82, 2.24) is 0 Å². The lowest BCUT2D eigenvalue weighted by atomic mass is 9.67. The monoisotopic (exact) mass is 595 g/mol. The van der Waals surface area contributed by atoms with Gasteiger partial charge in [-0.15, -0.1) is 0 Å². The Morgan fingerprint density at radius 1 is 0.810 bits per heavy atom. The minimum atomic E-state index is -0.344. The van der Waals surface area contributed by atoms with Crippen LogP contribution in [0.1, 0.15) is 130 Å². The Morgan fingerprint density at radius 3 is 1.74 bits per heavy atom. The second kappa shape index (κ2) is 12.6. The smallest absolute Gasteiger partial charge is 0.399 e. The Hall–Kier alpha value is -1.27.